The molecule has 0 aromatic carbocycles. The SMILES string of the molecule is C[C@H]1[C@@H](O)[C@H](O)[C@H]2[C@@]3(C)[C@H](OC(=O)[C@H]13)[C@H](O)[C@@H]1[C@]2(C)[C@H](O[C@@H]2O[C@H](CO)[C@@H](O)[C@H](O)[C@H]2O)C=C[C@@]1(C)O. The molecule has 2 saturated heterocycles. The summed E-state index contributed by atoms with van der Waals surface area (Å²) in [5.74, 6) is -4.13. The van der Waals surface area contributed by atoms with Gasteiger partial charge < -0.3 is 55.1 Å². The van der Waals surface area contributed by atoms with Crippen molar-refractivity contribution >= 4 is 5.97 Å². The van der Waals surface area contributed by atoms with Crippen LogP contribution in [-0.4, -0.2) is 120 Å². The van der Waals surface area contributed by atoms with Crippen molar-refractivity contribution in [1.29, 1.82) is 0 Å². The molecule has 3 aliphatic carbocycles. The van der Waals surface area contributed by atoms with Crippen LogP contribution in [0.25, 0.3) is 0 Å². The first-order chi connectivity index (χ1) is 17.1. The van der Waals surface area contributed by atoms with Gasteiger partial charge in [-0.05, 0) is 12.8 Å². The Morgan fingerprint density at radius 1 is 0.892 bits per heavy atom. The number of fused-ring (bicyclic) bond motifs is 2. The van der Waals surface area contributed by atoms with Crippen LogP contribution in [0.4, 0.5) is 0 Å². The van der Waals surface area contributed by atoms with Gasteiger partial charge in [-0.15, -0.1) is 0 Å². The normalized spacial score (nSPS) is 61.0. The molecular weight excluding hydrogens is 492 g/mol. The van der Waals surface area contributed by atoms with Gasteiger partial charge in [-0.3, -0.25) is 4.79 Å². The van der Waals surface area contributed by atoms with Gasteiger partial charge in [0.15, 0.2) is 6.29 Å². The highest BCUT2D eigenvalue weighted by Crippen LogP contribution is 2.69. The summed E-state index contributed by atoms with van der Waals surface area (Å²) in [6, 6.07) is 0. The molecule has 0 aromatic heterocycles. The summed E-state index contributed by atoms with van der Waals surface area (Å²) in [7, 11) is 0. The molecule has 5 aliphatic rings. The van der Waals surface area contributed by atoms with Crippen LogP contribution in [0.5, 0.6) is 0 Å². The highest BCUT2D eigenvalue weighted by Gasteiger charge is 2.78. The largest absolute Gasteiger partial charge is 0.459 e. The van der Waals surface area contributed by atoms with E-state index in [1.807, 2.05) is 0 Å². The number of hydrogen-bond donors (Lipinski definition) is 8. The van der Waals surface area contributed by atoms with Crippen LogP contribution >= 0.6 is 0 Å². The lowest BCUT2D eigenvalue weighted by Gasteiger charge is -2.67. The summed E-state index contributed by atoms with van der Waals surface area (Å²) in [5.41, 5.74) is -4.17. The molecule has 5 rings (SSSR count). The predicted molar refractivity (Wildman–Crippen MR) is 122 cm³/mol. The molecule has 0 radical (unpaired) electrons. The van der Waals surface area contributed by atoms with Crippen molar-refractivity contribution in [3.05, 3.63) is 12.2 Å². The highest BCUT2D eigenvalue weighted by molar-refractivity contribution is 5.77. The van der Waals surface area contributed by atoms with E-state index in [0.717, 1.165) is 0 Å². The Balaban J connectivity index is 1.62. The minimum Gasteiger partial charge on any atom is -0.459 e. The predicted octanol–water partition coefficient (Wildman–Crippen LogP) is -2.98. The van der Waals surface area contributed by atoms with Crippen molar-refractivity contribution in [3.8, 4) is 0 Å². The fourth-order valence-electron chi connectivity index (χ4n) is 8.63. The molecule has 8 N–H and O–H groups in total. The standard InChI is InChI=1S/C25H38O12/c1-8-11-21(33)37-20-17(32)18-23(2,34)6-5-10(24(18,3)19(25(11,20)4)15(30)12(8)27)36-22-16(31)14(29)13(28)9(7-26)35-22/h5-6,8-20,22,26-32,34H,7H2,1-4H3/t8-,9-,10-,11+,12-,13-,14+,15+,16-,17-,18+,19-,20-,22+,23-,24+,25+/m1/s1. The zero-order chi connectivity index (χ0) is 27.4. The first kappa shape index (κ1) is 27.4. The van der Waals surface area contributed by atoms with Crippen LogP contribution < -0.4 is 0 Å². The molecule has 17 atom stereocenters. The molecule has 0 aromatic rings. The van der Waals surface area contributed by atoms with Gasteiger partial charge >= 0.3 is 5.97 Å². The molecule has 0 bridgehead atoms. The van der Waals surface area contributed by atoms with Gasteiger partial charge in [0.2, 0.25) is 0 Å². The molecule has 0 amide bonds. The van der Waals surface area contributed by atoms with Crippen LogP contribution in [0.15, 0.2) is 12.2 Å². The van der Waals surface area contributed by atoms with Crippen LogP contribution in [-0.2, 0) is 19.0 Å². The van der Waals surface area contributed by atoms with Gasteiger partial charge in [0, 0.05) is 22.7 Å². The smallest absolute Gasteiger partial charge is 0.310 e. The number of carbonyl (C=O) groups excluding carboxylic acids is 1. The summed E-state index contributed by atoms with van der Waals surface area (Å²) in [6.45, 7) is 5.86. The molecular formula is C25H38O12. The molecule has 4 fully saturated rings. The first-order valence-electron chi connectivity index (χ1n) is 12.8. The fraction of sp³-hybridized carbons (Fsp3) is 0.880. The van der Waals surface area contributed by atoms with Crippen LogP contribution in [0.3, 0.4) is 0 Å². The van der Waals surface area contributed by atoms with E-state index in [4.69, 9.17) is 14.2 Å². The third-order valence-electron chi connectivity index (χ3n) is 10.2. The van der Waals surface area contributed by atoms with Crippen molar-refractivity contribution in [2.24, 2.45) is 34.5 Å². The number of rotatable bonds is 3. The third kappa shape index (κ3) is 3.41. The Hall–Kier alpha value is -1.19. The fourth-order valence-corrected chi connectivity index (χ4v) is 8.63. The quantitative estimate of drug-likeness (QED) is 0.136. The number of aliphatic hydroxyl groups excluding tert-OH is 7. The Kier molecular flexibility index (Phi) is 6.40. The first-order valence-corrected chi connectivity index (χ1v) is 12.8. The summed E-state index contributed by atoms with van der Waals surface area (Å²) < 4.78 is 17.4. The molecule has 2 saturated carbocycles. The van der Waals surface area contributed by atoms with Crippen molar-refractivity contribution in [3.63, 3.8) is 0 Å². The van der Waals surface area contributed by atoms with Crippen LogP contribution in [0.2, 0.25) is 0 Å². The zero-order valence-electron chi connectivity index (χ0n) is 21.2. The second-order valence-corrected chi connectivity index (χ2v) is 12.2. The zero-order valence-corrected chi connectivity index (χ0v) is 21.2. The van der Waals surface area contributed by atoms with Crippen LogP contribution in [0.1, 0.15) is 27.7 Å². The second-order valence-electron chi connectivity index (χ2n) is 12.2. The van der Waals surface area contributed by atoms with Crippen molar-refractivity contribution < 1.29 is 59.9 Å². The number of aliphatic hydroxyl groups is 8. The molecule has 0 spiro atoms. The van der Waals surface area contributed by atoms with Gasteiger partial charge in [-0.1, -0.05) is 32.9 Å². The monoisotopic (exact) mass is 530 g/mol. The average Bonchev–Trinajstić information content (AvgIpc) is 3.09. The lowest BCUT2D eigenvalue weighted by atomic mass is 9.38. The van der Waals surface area contributed by atoms with Crippen LogP contribution in [0, 0.1) is 34.5 Å². The number of carbonyl (C=O) groups is 1. The molecule has 210 valence electrons. The minimum atomic E-state index is -1.71. The van der Waals surface area contributed by atoms with E-state index in [1.54, 1.807) is 20.8 Å². The van der Waals surface area contributed by atoms with E-state index in [1.165, 1.54) is 19.1 Å². The summed E-state index contributed by atoms with van der Waals surface area (Å²) in [5, 5.41) is 86.2. The van der Waals surface area contributed by atoms with E-state index in [-0.39, 0.29) is 0 Å². The summed E-state index contributed by atoms with van der Waals surface area (Å²) in [4.78, 5) is 13.0. The number of esters is 1. The summed E-state index contributed by atoms with van der Waals surface area (Å²) >= 11 is 0. The molecule has 2 heterocycles. The van der Waals surface area contributed by atoms with Crippen molar-refractivity contribution in [2.45, 2.75) is 94.5 Å². The van der Waals surface area contributed by atoms with Gasteiger partial charge in [-0.25, -0.2) is 0 Å². The molecule has 12 heteroatoms. The Morgan fingerprint density at radius 2 is 1.54 bits per heavy atom. The maximum atomic E-state index is 13.0. The molecule has 2 aliphatic heterocycles. The second kappa shape index (κ2) is 8.65. The van der Waals surface area contributed by atoms with E-state index < -0.39 is 114 Å². The number of hydrogen-bond acceptors (Lipinski definition) is 12. The minimum absolute atomic E-state index is 0.601. The van der Waals surface area contributed by atoms with E-state index >= 15 is 0 Å². The highest BCUT2D eigenvalue weighted by atomic mass is 16.7. The Bertz CT molecular complexity index is 954. The molecule has 37 heavy (non-hydrogen) atoms. The summed E-state index contributed by atoms with van der Waals surface area (Å²) in [6.07, 6.45) is -11.1. The maximum Gasteiger partial charge on any atom is 0.310 e. The molecule has 0 unspecified atom stereocenters. The van der Waals surface area contributed by atoms with Gasteiger partial charge in [0.05, 0.1) is 42.5 Å². The molecule has 12 nitrogen and oxygen atoms in total. The third-order valence-corrected chi connectivity index (χ3v) is 10.2. The van der Waals surface area contributed by atoms with E-state index in [2.05, 4.69) is 0 Å². The van der Waals surface area contributed by atoms with Gasteiger partial charge in [-0.2, -0.15) is 0 Å². The van der Waals surface area contributed by atoms with Crippen molar-refractivity contribution in [1.82, 2.24) is 0 Å². The Morgan fingerprint density at radius 3 is 2.16 bits per heavy atom. The van der Waals surface area contributed by atoms with E-state index in [9.17, 15) is 45.6 Å². The lowest BCUT2D eigenvalue weighted by molar-refractivity contribution is -0.343. The van der Waals surface area contributed by atoms with Crippen molar-refractivity contribution in [2.75, 3.05) is 6.61 Å². The van der Waals surface area contributed by atoms with Gasteiger partial charge in [0.25, 0.3) is 0 Å². The van der Waals surface area contributed by atoms with Gasteiger partial charge in [0.1, 0.15) is 30.5 Å². The average molecular weight is 531 g/mol. The Labute approximate surface area is 214 Å². The topological polar surface area (TPSA) is 207 Å². The maximum absolute atomic E-state index is 13.0. The lowest BCUT2D eigenvalue weighted by Crippen LogP contribution is -2.76. The number of ether oxygens (including phenoxy) is 3. The van der Waals surface area contributed by atoms with E-state index in [0.29, 0.717) is 0 Å².